The summed E-state index contributed by atoms with van der Waals surface area (Å²) in [5, 5.41) is 0. The highest BCUT2D eigenvalue weighted by Crippen LogP contribution is 2.25. The zero-order valence-corrected chi connectivity index (χ0v) is 7.81. The molecule has 0 aromatic carbocycles. The summed E-state index contributed by atoms with van der Waals surface area (Å²) >= 11 is 0. The second-order valence-electron chi connectivity index (χ2n) is 2.51. The summed E-state index contributed by atoms with van der Waals surface area (Å²) in [6, 6.07) is 1.44. The molecule has 0 spiro atoms. The Labute approximate surface area is 80.7 Å². The largest absolute Gasteiger partial charge is 0.423 e. The number of carbonyl (C=O) groups is 2. The van der Waals surface area contributed by atoms with Gasteiger partial charge in [0, 0.05) is 26.1 Å². The highest BCUT2D eigenvalue weighted by Gasteiger charge is 2.08. The highest BCUT2D eigenvalue weighted by molar-refractivity contribution is 5.73. The molecule has 1 rings (SSSR count). The van der Waals surface area contributed by atoms with Gasteiger partial charge in [0.15, 0.2) is 11.5 Å². The van der Waals surface area contributed by atoms with Gasteiger partial charge < -0.3 is 9.47 Å². The molecule has 1 aromatic rings. The maximum atomic E-state index is 10.7. The molecule has 0 aliphatic carbocycles. The third-order valence-corrected chi connectivity index (χ3v) is 1.25. The summed E-state index contributed by atoms with van der Waals surface area (Å²) in [7, 11) is 0. The van der Waals surface area contributed by atoms with Gasteiger partial charge in [-0.1, -0.05) is 0 Å². The van der Waals surface area contributed by atoms with Crippen LogP contribution in [0.3, 0.4) is 0 Å². The predicted molar refractivity (Wildman–Crippen MR) is 46.9 cm³/mol. The number of aromatic nitrogens is 1. The molecule has 74 valence electrons. The smallest absolute Gasteiger partial charge is 0.308 e. The summed E-state index contributed by atoms with van der Waals surface area (Å²) in [6.45, 7) is 2.52. The molecule has 0 bridgehead atoms. The van der Waals surface area contributed by atoms with Crippen molar-refractivity contribution in [2.45, 2.75) is 13.8 Å². The van der Waals surface area contributed by atoms with Gasteiger partial charge in [-0.3, -0.25) is 14.6 Å². The van der Waals surface area contributed by atoms with E-state index in [0.717, 1.165) is 0 Å². The number of hydrogen-bond donors (Lipinski definition) is 0. The average molecular weight is 195 g/mol. The fourth-order valence-electron chi connectivity index (χ4n) is 0.838. The van der Waals surface area contributed by atoms with Crippen LogP contribution in [0.4, 0.5) is 0 Å². The second-order valence-corrected chi connectivity index (χ2v) is 2.51. The molecule has 0 aliphatic rings. The molecule has 0 amide bonds. The fraction of sp³-hybridized carbons (Fsp3) is 0.222. The lowest BCUT2D eigenvalue weighted by molar-refractivity contribution is -0.134. The van der Waals surface area contributed by atoms with Crippen LogP contribution in [0, 0.1) is 0 Å². The Balaban J connectivity index is 2.90. The van der Waals surface area contributed by atoms with Crippen molar-refractivity contribution < 1.29 is 19.1 Å². The van der Waals surface area contributed by atoms with Crippen molar-refractivity contribution in [3.63, 3.8) is 0 Å². The van der Waals surface area contributed by atoms with Crippen LogP contribution >= 0.6 is 0 Å². The van der Waals surface area contributed by atoms with Crippen LogP contribution in [0.1, 0.15) is 13.8 Å². The Kier molecular flexibility index (Phi) is 3.17. The molecule has 0 fully saturated rings. The van der Waals surface area contributed by atoms with Crippen molar-refractivity contribution in [2.24, 2.45) is 0 Å². The third kappa shape index (κ3) is 2.85. The van der Waals surface area contributed by atoms with E-state index < -0.39 is 11.9 Å². The van der Waals surface area contributed by atoms with Crippen molar-refractivity contribution >= 4 is 11.9 Å². The van der Waals surface area contributed by atoms with E-state index in [0.29, 0.717) is 0 Å². The van der Waals surface area contributed by atoms with Crippen molar-refractivity contribution in [3.8, 4) is 11.5 Å². The lowest BCUT2D eigenvalue weighted by atomic mass is 10.4. The van der Waals surface area contributed by atoms with E-state index in [-0.39, 0.29) is 11.5 Å². The van der Waals surface area contributed by atoms with Gasteiger partial charge in [0.2, 0.25) is 0 Å². The maximum Gasteiger partial charge on any atom is 0.308 e. The molecule has 1 heterocycles. The van der Waals surface area contributed by atoms with Gasteiger partial charge in [-0.25, -0.2) is 0 Å². The fourth-order valence-corrected chi connectivity index (χ4v) is 0.838. The lowest BCUT2D eigenvalue weighted by Crippen LogP contribution is -2.07. The first-order chi connectivity index (χ1) is 6.59. The number of nitrogens with zero attached hydrogens (tertiary/aromatic N) is 1. The summed E-state index contributed by atoms with van der Waals surface area (Å²) in [5.74, 6) is -0.658. The van der Waals surface area contributed by atoms with Crippen LogP contribution in [0.15, 0.2) is 18.5 Å². The Morgan fingerprint density at radius 1 is 1.14 bits per heavy atom. The molecular formula is C9H9NO4. The van der Waals surface area contributed by atoms with E-state index in [9.17, 15) is 9.59 Å². The van der Waals surface area contributed by atoms with E-state index in [1.54, 1.807) is 0 Å². The topological polar surface area (TPSA) is 65.5 Å². The van der Waals surface area contributed by atoms with Crippen molar-refractivity contribution in [1.29, 1.82) is 0 Å². The number of pyridine rings is 1. The van der Waals surface area contributed by atoms with Crippen LogP contribution < -0.4 is 9.47 Å². The maximum absolute atomic E-state index is 10.7. The minimum atomic E-state index is -0.494. The number of carbonyl (C=O) groups excluding carboxylic acids is 2. The molecule has 0 N–H and O–H groups in total. The number of hydrogen-bond acceptors (Lipinski definition) is 5. The van der Waals surface area contributed by atoms with Gasteiger partial charge in [0.25, 0.3) is 0 Å². The van der Waals surface area contributed by atoms with E-state index >= 15 is 0 Å². The van der Waals surface area contributed by atoms with Crippen molar-refractivity contribution in [1.82, 2.24) is 4.98 Å². The normalized spacial score (nSPS) is 9.29. The van der Waals surface area contributed by atoms with Crippen LogP contribution in [0.2, 0.25) is 0 Å². The minimum Gasteiger partial charge on any atom is -0.423 e. The molecule has 1 aromatic heterocycles. The third-order valence-electron chi connectivity index (χ3n) is 1.25. The minimum absolute atomic E-state index is 0.134. The summed E-state index contributed by atoms with van der Waals surface area (Å²) in [6.07, 6.45) is 2.74. The van der Waals surface area contributed by atoms with Crippen LogP contribution in [-0.2, 0) is 9.59 Å². The molecule has 0 unspecified atom stereocenters. The van der Waals surface area contributed by atoms with Gasteiger partial charge in [-0.15, -0.1) is 0 Å². The summed E-state index contributed by atoms with van der Waals surface area (Å²) < 4.78 is 9.56. The Hall–Kier alpha value is -1.91. The Bertz CT molecular complexity index is 327. The van der Waals surface area contributed by atoms with E-state index in [4.69, 9.17) is 9.47 Å². The number of rotatable bonds is 2. The summed E-state index contributed by atoms with van der Waals surface area (Å²) in [4.78, 5) is 25.1. The first-order valence-corrected chi connectivity index (χ1v) is 3.90. The van der Waals surface area contributed by atoms with Crippen molar-refractivity contribution in [3.05, 3.63) is 18.5 Å². The zero-order valence-electron chi connectivity index (χ0n) is 7.81. The Morgan fingerprint density at radius 3 is 2.29 bits per heavy atom. The molecule has 0 saturated heterocycles. The molecule has 0 atom stereocenters. The van der Waals surface area contributed by atoms with Gasteiger partial charge >= 0.3 is 11.9 Å². The lowest BCUT2D eigenvalue weighted by Gasteiger charge is -2.06. The molecule has 0 saturated carbocycles. The molecule has 0 radical (unpaired) electrons. The SMILES string of the molecule is CC(=O)Oc1ccncc1OC(C)=O. The number of ether oxygens (including phenoxy) is 2. The van der Waals surface area contributed by atoms with Crippen LogP contribution in [0.25, 0.3) is 0 Å². The number of esters is 2. The quantitative estimate of drug-likeness (QED) is 0.657. The summed E-state index contributed by atoms with van der Waals surface area (Å²) in [5.41, 5.74) is 0. The van der Waals surface area contributed by atoms with Crippen LogP contribution in [0.5, 0.6) is 11.5 Å². The first kappa shape index (κ1) is 10.2. The molecule has 0 aliphatic heterocycles. The first-order valence-electron chi connectivity index (χ1n) is 3.90. The van der Waals surface area contributed by atoms with Crippen LogP contribution in [-0.4, -0.2) is 16.9 Å². The average Bonchev–Trinajstić information content (AvgIpc) is 2.06. The van der Waals surface area contributed by atoms with E-state index in [1.165, 1.54) is 32.3 Å². The monoisotopic (exact) mass is 195 g/mol. The highest BCUT2D eigenvalue weighted by atomic mass is 16.6. The Morgan fingerprint density at radius 2 is 1.71 bits per heavy atom. The molecule has 14 heavy (non-hydrogen) atoms. The molecule has 5 nitrogen and oxygen atoms in total. The van der Waals surface area contributed by atoms with E-state index in [1.807, 2.05) is 0 Å². The van der Waals surface area contributed by atoms with Crippen molar-refractivity contribution in [2.75, 3.05) is 0 Å². The predicted octanol–water partition coefficient (Wildman–Crippen LogP) is 0.932. The van der Waals surface area contributed by atoms with Gasteiger partial charge in [-0.2, -0.15) is 0 Å². The van der Waals surface area contributed by atoms with Gasteiger partial charge in [0.1, 0.15) is 0 Å². The van der Waals surface area contributed by atoms with Gasteiger partial charge in [-0.05, 0) is 0 Å². The molecule has 5 heteroatoms. The van der Waals surface area contributed by atoms with Gasteiger partial charge in [0.05, 0.1) is 6.20 Å². The zero-order chi connectivity index (χ0) is 10.6. The standard InChI is InChI=1S/C9H9NO4/c1-6(11)13-8-3-4-10-5-9(8)14-7(2)12/h3-5H,1-2H3. The molecular weight excluding hydrogens is 186 g/mol. The van der Waals surface area contributed by atoms with E-state index in [2.05, 4.69) is 4.98 Å². The second kappa shape index (κ2) is 4.36.